The van der Waals surface area contributed by atoms with Crippen molar-refractivity contribution in [3.8, 4) is 0 Å². The van der Waals surface area contributed by atoms with Gasteiger partial charge in [0.05, 0.1) is 0 Å². The molecule has 0 fully saturated rings. The molecule has 1 aromatic rings. The second-order valence-electron chi connectivity index (χ2n) is 2.98. The minimum Gasteiger partial charge on any atom is -0.368 e. The van der Waals surface area contributed by atoms with Crippen LogP contribution in [0.3, 0.4) is 0 Å². The molecule has 0 spiro atoms. The molecule has 3 heteroatoms. The molecule has 13 heavy (non-hydrogen) atoms. The van der Waals surface area contributed by atoms with Gasteiger partial charge in [0.2, 0.25) is 0 Å². The summed E-state index contributed by atoms with van der Waals surface area (Å²) < 4.78 is 0.962. The fourth-order valence-electron chi connectivity index (χ4n) is 1.36. The molecule has 0 saturated heterocycles. The van der Waals surface area contributed by atoms with E-state index in [0.717, 1.165) is 10.0 Å². The molecular weight excluding hydrogens is 232 g/mol. The Morgan fingerprint density at radius 1 is 1.38 bits per heavy atom. The van der Waals surface area contributed by atoms with Crippen LogP contribution in [-0.2, 0) is 0 Å². The van der Waals surface area contributed by atoms with Crippen LogP contribution >= 0.6 is 15.9 Å². The Kier molecular flexibility index (Phi) is 3.90. The molecule has 0 aliphatic carbocycles. The number of aliphatic hydroxyl groups excluding tert-OH is 1. The van der Waals surface area contributed by atoms with Crippen molar-refractivity contribution in [2.45, 2.75) is 25.6 Å². The van der Waals surface area contributed by atoms with Crippen molar-refractivity contribution < 1.29 is 10.2 Å². The van der Waals surface area contributed by atoms with E-state index in [1.807, 2.05) is 31.2 Å². The maximum absolute atomic E-state index is 9.10. The summed E-state index contributed by atoms with van der Waals surface area (Å²) in [5.74, 6) is -0.197. The molecule has 0 amide bonds. The van der Waals surface area contributed by atoms with Crippen LogP contribution in [0.5, 0.6) is 0 Å². The molecule has 1 unspecified atom stereocenters. The van der Waals surface area contributed by atoms with Gasteiger partial charge < -0.3 is 10.2 Å². The molecule has 1 atom stereocenters. The van der Waals surface area contributed by atoms with Crippen LogP contribution in [0.15, 0.2) is 28.7 Å². The Labute approximate surface area is 86.3 Å². The number of aliphatic hydroxyl groups is 2. The third-order valence-electron chi connectivity index (χ3n) is 2.08. The smallest absolute Gasteiger partial charge is 0.158 e. The van der Waals surface area contributed by atoms with Crippen LogP contribution in [-0.4, -0.2) is 16.5 Å². The van der Waals surface area contributed by atoms with Gasteiger partial charge in [0.15, 0.2) is 6.29 Å². The number of halogens is 1. The third-order valence-corrected chi connectivity index (χ3v) is 2.57. The van der Waals surface area contributed by atoms with Gasteiger partial charge in [-0.3, -0.25) is 0 Å². The van der Waals surface area contributed by atoms with Gasteiger partial charge in [-0.2, -0.15) is 0 Å². The first kappa shape index (κ1) is 10.7. The first-order valence-electron chi connectivity index (χ1n) is 4.26. The highest BCUT2D eigenvalue weighted by Crippen LogP contribution is 2.24. The van der Waals surface area contributed by atoms with Crippen LogP contribution in [0.25, 0.3) is 0 Å². The van der Waals surface area contributed by atoms with Gasteiger partial charge in [-0.25, -0.2) is 0 Å². The summed E-state index contributed by atoms with van der Waals surface area (Å²) in [6, 6.07) is 7.62. The summed E-state index contributed by atoms with van der Waals surface area (Å²) >= 11 is 3.35. The number of benzene rings is 1. The van der Waals surface area contributed by atoms with E-state index in [-0.39, 0.29) is 5.92 Å². The van der Waals surface area contributed by atoms with Crippen molar-refractivity contribution in [2.75, 3.05) is 0 Å². The van der Waals surface area contributed by atoms with Gasteiger partial charge in [0.25, 0.3) is 0 Å². The molecule has 0 saturated carbocycles. The zero-order valence-electron chi connectivity index (χ0n) is 7.44. The highest BCUT2D eigenvalue weighted by Gasteiger charge is 2.16. The van der Waals surface area contributed by atoms with E-state index in [0.29, 0.717) is 6.42 Å². The lowest BCUT2D eigenvalue weighted by Crippen LogP contribution is -2.16. The van der Waals surface area contributed by atoms with Crippen LogP contribution in [0.2, 0.25) is 0 Å². The van der Waals surface area contributed by atoms with Gasteiger partial charge >= 0.3 is 0 Å². The highest BCUT2D eigenvalue weighted by atomic mass is 79.9. The molecule has 72 valence electrons. The predicted octanol–water partition coefficient (Wildman–Crippen LogP) is 2.25. The summed E-state index contributed by atoms with van der Waals surface area (Å²) in [6.45, 7) is 1.94. The van der Waals surface area contributed by atoms with Crippen LogP contribution < -0.4 is 0 Å². The molecule has 0 radical (unpaired) electrons. The van der Waals surface area contributed by atoms with Gasteiger partial charge in [0.1, 0.15) is 0 Å². The maximum Gasteiger partial charge on any atom is 0.158 e. The summed E-state index contributed by atoms with van der Waals surface area (Å²) in [5.41, 5.74) is 0.951. The average molecular weight is 245 g/mol. The molecule has 2 N–H and O–H groups in total. The lowest BCUT2D eigenvalue weighted by Gasteiger charge is -2.17. The van der Waals surface area contributed by atoms with Crippen molar-refractivity contribution in [3.63, 3.8) is 0 Å². The first-order chi connectivity index (χ1) is 6.15. The zero-order chi connectivity index (χ0) is 9.84. The third kappa shape index (κ3) is 2.79. The SMILES string of the molecule is CCC(c1cccc(Br)c1)C(O)O. The predicted molar refractivity (Wildman–Crippen MR) is 55.4 cm³/mol. The molecule has 0 aromatic heterocycles. The Balaban J connectivity index is 2.91. The summed E-state index contributed by atoms with van der Waals surface area (Å²) in [7, 11) is 0. The average Bonchev–Trinajstić information content (AvgIpc) is 2.04. The quantitative estimate of drug-likeness (QED) is 0.802. The van der Waals surface area contributed by atoms with Crippen molar-refractivity contribution >= 4 is 15.9 Å². The fourth-order valence-corrected chi connectivity index (χ4v) is 1.77. The fraction of sp³-hybridized carbons (Fsp3) is 0.400. The van der Waals surface area contributed by atoms with E-state index in [9.17, 15) is 0 Å². The second-order valence-corrected chi connectivity index (χ2v) is 3.90. The zero-order valence-corrected chi connectivity index (χ0v) is 9.03. The van der Waals surface area contributed by atoms with Gasteiger partial charge in [-0.1, -0.05) is 35.0 Å². The molecule has 0 aliphatic rings. The first-order valence-corrected chi connectivity index (χ1v) is 5.06. The second kappa shape index (κ2) is 4.74. The van der Waals surface area contributed by atoms with Crippen LogP contribution in [0.4, 0.5) is 0 Å². The molecule has 1 aromatic carbocycles. The Morgan fingerprint density at radius 3 is 2.54 bits per heavy atom. The van der Waals surface area contributed by atoms with Crippen molar-refractivity contribution in [1.29, 1.82) is 0 Å². The molecule has 2 nitrogen and oxygen atoms in total. The van der Waals surface area contributed by atoms with E-state index in [2.05, 4.69) is 15.9 Å². The van der Waals surface area contributed by atoms with Crippen LogP contribution in [0.1, 0.15) is 24.8 Å². The molecule has 1 rings (SSSR count). The van der Waals surface area contributed by atoms with Crippen molar-refractivity contribution in [2.24, 2.45) is 0 Å². The largest absolute Gasteiger partial charge is 0.368 e. The molecule has 0 bridgehead atoms. The summed E-state index contributed by atoms with van der Waals surface area (Å²) in [5, 5.41) is 18.2. The highest BCUT2D eigenvalue weighted by molar-refractivity contribution is 9.10. The molecular formula is C10H13BrO2. The van der Waals surface area contributed by atoms with E-state index in [1.165, 1.54) is 0 Å². The number of hydrogen-bond donors (Lipinski definition) is 2. The maximum atomic E-state index is 9.10. The lowest BCUT2D eigenvalue weighted by molar-refractivity contribution is -0.0610. The van der Waals surface area contributed by atoms with Crippen molar-refractivity contribution in [1.82, 2.24) is 0 Å². The van der Waals surface area contributed by atoms with Gasteiger partial charge in [-0.05, 0) is 24.1 Å². The van der Waals surface area contributed by atoms with Gasteiger partial charge in [-0.15, -0.1) is 0 Å². The lowest BCUT2D eigenvalue weighted by atomic mass is 9.96. The minimum atomic E-state index is -1.28. The van der Waals surface area contributed by atoms with Crippen molar-refractivity contribution in [3.05, 3.63) is 34.3 Å². The van der Waals surface area contributed by atoms with Crippen LogP contribution in [0, 0.1) is 0 Å². The number of rotatable bonds is 3. The normalized spacial score (nSPS) is 13.3. The van der Waals surface area contributed by atoms with E-state index < -0.39 is 6.29 Å². The summed E-state index contributed by atoms with van der Waals surface area (Å²) in [6.07, 6.45) is -0.562. The Bertz CT molecular complexity index is 273. The molecule has 0 heterocycles. The topological polar surface area (TPSA) is 40.5 Å². The number of hydrogen-bond acceptors (Lipinski definition) is 2. The molecule has 0 aliphatic heterocycles. The van der Waals surface area contributed by atoms with E-state index in [4.69, 9.17) is 10.2 Å². The Morgan fingerprint density at radius 2 is 2.08 bits per heavy atom. The minimum absolute atomic E-state index is 0.197. The Hall–Kier alpha value is -0.380. The monoisotopic (exact) mass is 244 g/mol. The van der Waals surface area contributed by atoms with E-state index in [1.54, 1.807) is 0 Å². The summed E-state index contributed by atoms with van der Waals surface area (Å²) in [4.78, 5) is 0. The van der Waals surface area contributed by atoms with Gasteiger partial charge in [0, 0.05) is 10.4 Å². The van der Waals surface area contributed by atoms with E-state index >= 15 is 0 Å². The standard InChI is InChI=1S/C10H13BrO2/c1-2-9(10(12)13)7-4-3-5-8(11)6-7/h3-6,9-10,12-13H,2H2,1H3.